The van der Waals surface area contributed by atoms with E-state index in [1.165, 1.54) is 24.3 Å². The summed E-state index contributed by atoms with van der Waals surface area (Å²) in [6.07, 6.45) is 2.99. The molecule has 0 aromatic heterocycles. The van der Waals surface area contributed by atoms with Gasteiger partial charge in [-0.2, -0.15) is 0 Å². The van der Waals surface area contributed by atoms with Gasteiger partial charge in [-0.3, -0.25) is 14.9 Å². The minimum absolute atomic E-state index is 0.0775. The molecule has 0 bridgehead atoms. The number of amides is 1. The fourth-order valence-corrected chi connectivity index (χ4v) is 3.81. The zero-order chi connectivity index (χ0) is 20.4. The van der Waals surface area contributed by atoms with E-state index in [-0.39, 0.29) is 21.8 Å². The Morgan fingerprint density at radius 3 is 2.54 bits per heavy atom. The molecule has 1 aliphatic rings. The number of piperidine rings is 1. The number of halogens is 3. The van der Waals surface area contributed by atoms with Gasteiger partial charge in [-0.05, 0) is 50.5 Å². The molecule has 0 radical (unpaired) electrons. The highest BCUT2D eigenvalue weighted by Gasteiger charge is 2.27. The monoisotopic (exact) mass is 441 g/mol. The number of hydrogen-bond donors (Lipinski definition) is 1. The van der Waals surface area contributed by atoms with Crippen molar-refractivity contribution < 1.29 is 9.72 Å². The molecule has 2 aromatic rings. The van der Waals surface area contributed by atoms with Crippen LogP contribution in [0.3, 0.4) is 0 Å². The van der Waals surface area contributed by atoms with E-state index in [9.17, 15) is 14.9 Å². The standard InChI is InChI=1S/C19H18Cl3N3O3/c1-11-4-2-3-7-24(11)17-10-16(15(22)9-18(17)25(27)28)23-19(26)12-5-6-13(20)14(21)8-12/h5-6,8-11H,2-4,7H2,1H3,(H,23,26)/t11-/m1/s1. The van der Waals surface area contributed by atoms with E-state index in [1.807, 2.05) is 11.8 Å². The molecule has 148 valence electrons. The highest BCUT2D eigenvalue weighted by atomic mass is 35.5. The zero-order valence-electron chi connectivity index (χ0n) is 15.0. The van der Waals surface area contributed by atoms with Crippen LogP contribution < -0.4 is 10.2 Å². The average molecular weight is 443 g/mol. The largest absolute Gasteiger partial charge is 0.363 e. The van der Waals surface area contributed by atoms with Crippen molar-refractivity contribution in [1.29, 1.82) is 0 Å². The molecule has 9 heteroatoms. The minimum Gasteiger partial charge on any atom is -0.363 e. The lowest BCUT2D eigenvalue weighted by Crippen LogP contribution is -2.37. The van der Waals surface area contributed by atoms with Crippen LogP contribution in [0.5, 0.6) is 0 Å². The predicted molar refractivity (Wildman–Crippen MR) is 113 cm³/mol. The van der Waals surface area contributed by atoms with Gasteiger partial charge in [0.2, 0.25) is 0 Å². The van der Waals surface area contributed by atoms with Crippen LogP contribution in [0.15, 0.2) is 30.3 Å². The molecule has 1 aliphatic heterocycles. The van der Waals surface area contributed by atoms with Crippen LogP contribution in [-0.2, 0) is 0 Å². The van der Waals surface area contributed by atoms with Crippen molar-refractivity contribution in [2.45, 2.75) is 32.2 Å². The Kier molecular flexibility index (Phi) is 6.33. The second-order valence-corrected chi connectivity index (χ2v) is 7.92. The summed E-state index contributed by atoms with van der Waals surface area (Å²) in [6.45, 7) is 2.75. The molecule has 0 aliphatic carbocycles. The number of nitrogens with zero attached hydrogens (tertiary/aromatic N) is 2. The summed E-state index contributed by atoms with van der Waals surface area (Å²) in [4.78, 5) is 25.7. The molecule has 1 N–H and O–H groups in total. The summed E-state index contributed by atoms with van der Waals surface area (Å²) < 4.78 is 0. The van der Waals surface area contributed by atoms with Gasteiger partial charge in [-0.1, -0.05) is 34.8 Å². The number of carbonyl (C=O) groups is 1. The third kappa shape index (κ3) is 4.35. The summed E-state index contributed by atoms with van der Waals surface area (Å²) in [5.74, 6) is -0.438. The first-order valence-corrected chi connectivity index (χ1v) is 9.92. The van der Waals surface area contributed by atoms with Crippen LogP contribution in [0.1, 0.15) is 36.5 Å². The fourth-order valence-electron chi connectivity index (χ4n) is 3.31. The van der Waals surface area contributed by atoms with Crippen molar-refractivity contribution in [3.63, 3.8) is 0 Å². The number of nitrogens with one attached hydrogen (secondary N) is 1. The van der Waals surface area contributed by atoms with Gasteiger partial charge in [-0.15, -0.1) is 0 Å². The summed E-state index contributed by atoms with van der Waals surface area (Å²) in [5.41, 5.74) is 0.977. The molecule has 0 spiro atoms. The summed E-state index contributed by atoms with van der Waals surface area (Å²) in [5, 5.41) is 15.0. The van der Waals surface area contributed by atoms with Crippen LogP contribution in [-0.4, -0.2) is 23.4 Å². The van der Waals surface area contributed by atoms with Crippen LogP contribution in [0.4, 0.5) is 17.1 Å². The Balaban J connectivity index is 1.96. The molecular weight excluding hydrogens is 425 g/mol. The van der Waals surface area contributed by atoms with E-state index >= 15 is 0 Å². The van der Waals surface area contributed by atoms with E-state index in [0.29, 0.717) is 28.5 Å². The van der Waals surface area contributed by atoms with Gasteiger partial charge in [0.25, 0.3) is 11.6 Å². The zero-order valence-corrected chi connectivity index (χ0v) is 17.3. The molecule has 0 unspecified atom stereocenters. The SMILES string of the molecule is C[C@@H]1CCCCN1c1cc(NC(=O)c2ccc(Cl)c(Cl)c2)c(Cl)cc1[N+](=O)[O-]. The molecule has 28 heavy (non-hydrogen) atoms. The lowest BCUT2D eigenvalue weighted by Gasteiger charge is -2.35. The summed E-state index contributed by atoms with van der Waals surface area (Å²) in [7, 11) is 0. The second kappa shape index (κ2) is 8.55. The topological polar surface area (TPSA) is 75.5 Å². The fraction of sp³-hybridized carbons (Fsp3) is 0.316. The number of hydrogen-bond acceptors (Lipinski definition) is 4. The maximum absolute atomic E-state index is 12.6. The molecule has 1 saturated heterocycles. The van der Waals surface area contributed by atoms with Gasteiger partial charge < -0.3 is 10.2 Å². The molecule has 6 nitrogen and oxygen atoms in total. The lowest BCUT2D eigenvalue weighted by molar-refractivity contribution is -0.384. The molecule has 3 rings (SSSR count). The number of nitro benzene ring substituents is 1. The van der Waals surface area contributed by atoms with Crippen molar-refractivity contribution in [2.75, 3.05) is 16.8 Å². The first kappa shape index (κ1) is 20.7. The third-order valence-electron chi connectivity index (χ3n) is 4.80. The summed E-state index contributed by atoms with van der Waals surface area (Å²) >= 11 is 18.1. The number of anilines is 2. The lowest BCUT2D eigenvalue weighted by atomic mass is 10.0. The average Bonchev–Trinajstić information content (AvgIpc) is 2.65. The molecule has 1 fully saturated rings. The Morgan fingerprint density at radius 1 is 1.14 bits per heavy atom. The normalized spacial score (nSPS) is 16.7. The Labute approximate surface area is 177 Å². The molecule has 1 amide bonds. The number of benzene rings is 2. The third-order valence-corrected chi connectivity index (χ3v) is 5.86. The molecule has 2 aromatic carbocycles. The summed E-state index contributed by atoms with van der Waals surface area (Å²) in [6, 6.07) is 7.52. The van der Waals surface area contributed by atoms with Gasteiger partial charge in [0.15, 0.2) is 0 Å². The van der Waals surface area contributed by atoms with Crippen LogP contribution in [0.2, 0.25) is 15.1 Å². The van der Waals surface area contributed by atoms with Crippen LogP contribution in [0.25, 0.3) is 0 Å². The first-order chi connectivity index (χ1) is 13.3. The van der Waals surface area contributed by atoms with Crippen molar-refractivity contribution in [3.8, 4) is 0 Å². The van der Waals surface area contributed by atoms with Crippen LogP contribution >= 0.6 is 34.8 Å². The predicted octanol–water partition coefficient (Wildman–Crippen LogP) is 6.19. The number of carbonyl (C=O) groups excluding carboxylic acids is 1. The Morgan fingerprint density at radius 2 is 1.89 bits per heavy atom. The van der Waals surface area contributed by atoms with E-state index in [0.717, 1.165) is 19.3 Å². The Bertz CT molecular complexity index is 936. The maximum Gasteiger partial charge on any atom is 0.294 e. The van der Waals surface area contributed by atoms with Gasteiger partial charge in [0, 0.05) is 24.2 Å². The second-order valence-electron chi connectivity index (χ2n) is 6.70. The van der Waals surface area contributed by atoms with Crippen molar-refractivity contribution >= 4 is 57.8 Å². The highest BCUT2D eigenvalue weighted by molar-refractivity contribution is 6.42. The molecular formula is C19H18Cl3N3O3. The van der Waals surface area contributed by atoms with E-state index in [4.69, 9.17) is 34.8 Å². The maximum atomic E-state index is 12.6. The first-order valence-electron chi connectivity index (χ1n) is 8.79. The highest BCUT2D eigenvalue weighted by Crippen LogP contribution is 2.39. The smallest absolute Gasteiger partial charge is 0.294 e. The van der Waals surface area contributed by atoms with E-state index < -0.39 is 10.8 Å². The number of rotatable bonds is 4. The molecule has 1 atom stereocenters. The van der Waals surface area contributed by atoms with Gasteiger partial charge in [0.1, 0.15) is 5.69 Å². The van der Waals surface area contributed by atoms with E-state index in [1.54, 1.807) is 6.07 Å². The van der Waals surface area contributed by atoms with Crippen molar-refractivity contribution in [3.05, 3.63) is 61.1 Å². The van der Waals surface area contributed by atoms with Crippen molar-refractivity contribution in [1.82, 2.24) is 0 Å². The Hall–Kier alpha value is -2.02. The molecule has 0 saturated carbocycles. The minimum atomic E-state index is -0.451. The van der Waals surface area contributed by atoms with E-state index in [2.05, 4.69) is 5.32 Å². The quantitative estimate of drug-likeness (QED) is 0.453. The van der Waals surface area contributed by atoms with Crippen molar-refractivity contribution in [2.24, 2.45) is 0 Å². The van der Waals surface area contributed by atoms with Gasteiger partial charge >= 0.3 is 0 Å². The van der Waals surface area contributed by atoms with Gasteiger partial charge in [0.05, 0.1) is 25.7 Å². The molecule has 1 heterocycles. The van der Waals surface area contributed by atoms with Gasteiger partial charge in [-0.25, -0.2) is 0 Å². The van der Waals surface area contributed by atoms with Crippen LogP contribution in [0, 0.1) is 10.1 Å². The number of nitro groups is 1.